The number of aromatic nitrogens is 2. The summed E-state index contributed by atoms with van der Waals surface area (Å²) >= 11 is 0. The van der Waals surface area contributed by atoms with Crippen LogP contribution in [-0.2, 0) is 41.6 Å². The van der Waals surface area contributed by atoms with E-state index in [4.69, 9.17) is 5.73 Å². The summed E-state index contributed by atoms with van der Waals surface area (Å²) in [4.78, 5) is 97.8. The highest BCUT2D eigenvalue weighted by molar-refractivity contribution is 6.01. The van der Waals surface area contributed by atoms with Gasteiger partial charge in [0.25, 0.3) is 0 Å². The second kappa shape index (κ2) is 16.1. The van der Waals surface area contributed by atoms with Crippen LogP contribution in [0.5, 0.6) is 0 Å². The van der Waals surface area contributed by atoms with Crippen LogP contribution in [0.3, 0.4) is 0 Å². The Morgan fingerprint density at radius 1 is 0.700 bits per heavy atom. The van der Waals surface area contributed by atoms with Crippen molar-refractivity contribution in [3.8, 4) is 0 Å². The molecule has 2 saturated carbocycles. The van der Waals surface area contributed by atoms with E-state index in [1.165, 1.54) is 4.90 Å². The SMILES string of the molecule is CC(N)[C@@H]1NC(=O)[C@H](Cc2c[nH]c3ccccc23)NC(=O)C2(CCC2)NC(=O)[C@H](Cc2c[nH]c3ccccc23)NC(=O)[C@@H]2C[C@@H]3CCCC[C@@H]3N2C(=O)[C@H]2CCCN2C1=O. The van der Waals surface area contributed by atoms with Gasteiger partial charge in [0.15, 0.2) is 0 Å². The minimum atomic E-state index is -1.35. The molecule has 316 valence electrons. The zero-order valence-electron chi connectivity index (χ0n) is 34.0. The van der Waals surface area contributed by atoms with Gasteiger partial charge in [0.05, 0.1) is 0 Å². The molecule has 6 amide bonds. The average molecular weight is 818 g/mol. The average Bonchev–Trinajstić information content (AvgIpc) is 4.05. The van der Waals surface area contributed by atoms with Crippen LogP contribution in [-0.4, -0.2) is 110 Å². The Kier molecular flexibility index (Phi) is 10.6. The molecule has 0 radical (unpaired) electrons. The monoisotopic (exact) mass is 817 g/mol. The molecule has 8 N–H and O–H groups in total. The second-order valence-electron chi connectivity index (χ2n) is 17.8. The number of carbonyl (C=O) groups excluding carboxylic acids is 6. The van der Waals surface area contributed by atoms with Crippen LogP contribution in [0.4, 0.5) is 0 Å². The summed E-state index contributed by atoms with van der Waals surface area (Å²) in [5.74, 6) is -2.76. The lowest BCUT2D eigenvalue weighted by Gasteiger charge is -2.42. The van der Waals surface area contributed by atoms with E-state index in [1.807, 2.05) is 54.7 Å². The van der Waals surface area contributed by atoms with E-state index in [2.05, 4.69) is 31.2 Å². The van der Waals surface area contributed by atoms with Crippen molar-refractivity contribution >= 4 is 57.2 Å². The fraction of sp³-hybridized carbons (Fsp3) is 0.511. The third kappa shape index (κ3) is 7.20. The first-order valence-corrected chi connectivity index (χ1v) is 21.7. The van der Waals surface area contributed by atoms with Crippen molar-refractivity contribution in [1.82, 2.24) is 41.0 Å². The molecule has 1 unspecified atom stereocenters. The number of H-pyrrole nitrogens is 2. The van der Waals surface area contributed by atoms with Gasteiger partial charge in [0.2, 0.25) is 35.4 Å². The molecule has 5 fully saturated rings. The van der Waals surface area contributed by atoms with E-state index in [-0.39, 0.29) is 37.3 Å². The van der Waals surface area contributed by atoms with Crippen molar-refractivity contribution in [3.63, 3.8) is 0 Å². The van der Waals surface area contributed by atoms with Crippen LogP contribution in [0.25, 0.3) is 21.8 Å². The zero-order valence-corrected chi connectivity index (χ0v) is 34.0. The topological polar surface area (TPSA) is 215 Å². The highest BCUT2D eigenvalue weighted by atomic mass is 16.2. The molecule has 2 aromatic heterocycles. The summed E-state index contributed by atoms with van der Waals surface area (Å²) in [5, 5.41) is 13.8. The number of carbonyl (C=O) groups is 6. The van der Waals surface area contributed by atoms with Gasteiger partial charge in [0.1, 0.15) is 35.7 Å². The summed E-state index contributed by atoms with van der Waals surface area (Å²) in [6.45, 7) is 1.92. The number of benzene rings is 2. The molecule has 8 atom stereocenters. The number of para-hydroxylation sites is 2. The fourth-order valence-corrected chi connectivity index (χ4v) is 10.6. The summed E-state index contributed by atoms with van der Waals surface area (Å²) in [7, 11) is 0. The van der Waals surface area contributed by atoms with Gasteiger partial charge in [-0.25, -0.2) is 0 Å². The zero-order chi connectivity index (χ0) is 41.7. The number of nitrogens with zero attached hydrogens (tertiary/aromatic N) is 2. The van der Waals surface area contributed by atoms with Crippen molar-refractivity contribution < 1.29 is 28.8 Å². The minimum Gasteiger partial charge on any atom is -0.361 e. The van der Waals surface area contributed by atoms with Crippen molar-refractivity contribution in [2.24, 2.45) is 11.7 Å². The van der Waals surface area contributed by atoms with Crippen molar-refractivity contribution in [1.29, 1.82) is 0 Å². The molecule has 0 bridgehead atoms. The van der Waals surface area contributed by atoms with Crippen LogP contribution in [0.1, 0.15) is 82.3 Å². The molecule has 1 spiro atoms. The Morgan fingerprint density at radius 2 is 1.33 bits per heavy atom. The van der Waals surface area contributed by atoms with Gasteiger partial charge < -0.3 is 46.8 Å². The highest BCUT2D eigenvalue weighted by Gasteiger charge is 2.53. The number of nitrogens with one attached hydrogen (secondary N) is 6. The fourth-order valence-electron chi connectivity index (χ4n) is 10.6. The number of fused-ring (bicyclic) bond motifs is 6. The number of rotatable bonds is 5. The number of amides is 6. The molecule has 4 aromatic rings. The maximum atomic E-state index is 14.9. The van der Waals surface area contributed by atoms with Gasteiger partial charge in [-0.1, -0.05) is 49.2 Å². The Morgan fingerprint density at radius 3 is 1.97 bits per heavy atom. The van der Waals surface area contributed by atoms with Crippen molar-refractivity contribution in [3.05, 3.63) is 72.1 Å². The van der Waals surface area contributed by atoms with Gasteiger partial charge in [-0.2, -0.15) is 0 Å². The Labute approximate surface area is 348 Å². The quantitative estimate of drug-likeness (QED) is 0.160. The summed E-state index contributed by atoms with van der Waals surface area (Å²) in [5.41, 5.74) is 8.44. The number of nitrogens with two attached hydrogens (primary N) is 1. The van der Waals surface area contributed by atoms with E-state index in [1.54, 1.807) is 18.0 Å². The molecule has 15 heteroatoms. The first-order chi connectivity index (χ1) is 29.0. The smallest absolute Gasteiger partial charge is 0.247 e. The van der Waals surface area contributed by atoms with Crippen molar-refractivity contribution in [2.75, 3.05) is 6.54 Å². The molecular formula is C45H55N9O6. The third-order valence-electron chi connectivity index (χ3n) is 14.0. The Bertz CT molecular complexity index is 2330. The lowest BCUT2D eigenvalue weighted by Crippen LogP contribution is -2.68. The van der Waals surface area contributed by atoms with Crippen LogP contribution < -0.4 is 27.0 Å². The largest absolute Gasteiger partial charge is 0.361 e. The summed E-state index contributed by atoms with van der Waals surface area (Å²) in [6.07, 6.45) is 10.1. The van der Waals surface area contributed by atoms with Crippen molar-refractivity contribution in [2.45, 2.75) is 132 Å². The normalized spacial score (nSPS) is 29.5. The van der Waals surface area contributed by atoms with Crippen LogP contribution >= 0.6 is 0 Å². The van der Waals surface area contributed by atoms with Crippen LogP contribution in [0.15, 0.2) is 60.9 Å². The van der Waals surface area contributed by atoms with Gasteiger partial charge in [-0.05, 0) is 87.5 Å². The lowest BCUT2D eigenvalue weighted by molar-refractivity contribution is -0.150. The predicted molar refractivity (Wildman–Crippen MR) is 224 cm³/mol. The second-order valence-corrected chi connectivity index (χ2v) is 17.8. The van der Waals surface area contributed by atoms with E-state index in [9.17, 15) is 28.8 Å². The maximum Gasteiger partial charge on any atom is 0.247 e. The molecule has 3 saturated heterocycles. The van der Waals surface area contributed by atoms with E-state index in [0.29, 0.717) is 38.5 Å². The first kappa shape index (κ1) is 39.7. The summed E-state index contributed by atoms with van der Waals surface area (Å²) < 4.78 is 0. The molecule has 5 heterocycles. The van der Waals surface area contributed by atoms with Gasteiger partial charge >= 0.3 is 0 Å². The molecule has 5 aliphatic rings. The molecule has 60 heavy (non-hydrogen) atoms. The van der Waals surface area contributed by atoms with E-state index in [0.717, 1.165) is 58.6 Å². The predicted octanol–water partition coefficient (Wildman–Crippen LogP) is 2.44. The molecule has 2 aromatic carbocycles. The number of hydrogen-bond donors (Lipinski definition) is 7. The Hall–Kier alpha value is -5.70. The third-order valence-corrected chi connectivity index (χ3v) is 14.0. The standard InChI is InChI=1S/C45H55N9O6/c1-25(46)38-43(59)53-19-8-16-36(53)42(58)54-35-15-7-2-10-26(35)22-37(54)41(57)49-34(21-28-24-48-32-14-6-4-12-30(28)32)40(56)52-45(17-9-18-45)44(60)50-33(39(55)51-38)20-27-23-47-31-13-5-3-11-29(27)31/h3-6,11-14,23-26,33-38,47-48H,2,7-10,15-22,46H2,1H3,(H,49,57)(H,50,60)(H,51,55)(H,52,56)/t25?,26-,33-,34-,35-,36+,37-,38-/m0/s1. The maximum absolute atomic E-state index is 14.9. The minimum absolute atomic E-state index is 0.0778. The lowest BCUT2D eigenvalue weighted by atomic mass is 9.75. The molecule has 15 nitrogen and oxygen atoms in total. The van der Waals surface area contributed by atoms with Crippen LogP contribution in [0, 0.1) is 5.92 Å². The van der Waals surface area contributed by atoms with E-state index >= 15 is 0 Å². The van der Waals surface area contributed by atoms with Crippen LogP contribution in [0.2, 0.25) is 0 Å². The molecule has 9 rings (SSSR count). The molecule has 2 aliphatic carbocycles. The Balaban J connectivity index is 1.11. The number of hydrogen-bond acceptors (Lipinski definition) is 7. The first-order valence-electron chi connectivity index (χ1n) is 21.7. The van der Waals surface area contributed by atoms with Gasteiger partial charge in [0, 0.05) is 65.7 Å². The van der Waals surface area contributed by atoms with E-state index < -0.39 is 71.3 Å². The molecule has 3 aliphatic heterocycles. The highest BCUT2D eigenvalue weighted by Crippen LogP contribution is 2.41. The van der Waals surface area contributed by atoms with Gasteiger partial charge in [-0.3, -0.25) is 28.8 Å². The van der Waals surface area contributed by atoms with Gasteiger partial charge in [-0.15, -0.1) is 0 Å². The summed E-state index contributed by atoms with van der Waals surface area (Å²) in [6, 6.07) is 9.18. The molecular weight excluding hydrogens is 763 g/mol. The number of aromatic amines is 2.